The zero-order valence-electron chi connectivity index (χ0n) is 19.4. The smallest absolute Gasteiger partial charge is 0.145 e. The van der Waals surface area contributed by atoms with Gasteiger partial charge in [-0.25, -0.2) is 4.98 Å². The number of ether oxygens (including phenoxy) is 1. The number of nitrogens with zero attached hydrogens (tertiary/aromatic N) is 2. The summed E-state index contributed by atoms with van der Waals surface area (Å²) in [6, 6.07) is 20.0. The average Bonchev–Trinajstić information content (AvgIpc) is 3.21. The summed E-state index contributed by atoms with van der Waals surface area (Å²) in [4.78, 5) is 5.95. The summed E-state index contributed by atoms with van der Waals surface area (Å²) in [5.74, 6) is 1.83. The molecule has 0 saturated carbocycles. The molecule has 172 valence electrons. The summed E-state index contributed by atoms with van der Waals surface area (Å²) >= 11 is 1.61. The van der Waals surface area contributed by atoms with Crippen LogP contribution in [0.4, 0.5) is 0 Å². The lowest BCUT2D eigenvalue weighted by molar-refractivity contribution is 0.217. The zero-order chi connectivity index (χ0) is 23.5. The minimum atomic E-state index is -0.802. The molecule has 0 aliphatic heterocycles. The van der Waals surface area contributed by atoms with Gasteiger partial charge in [0, 0.05) is 17.0 Å². The monoisotopic (exact) mass is 462 g/mol. The number of rotatable bonds is 8. The van der Waals surface area contributed by atoms with Crippen molar-refractivity contribution >= 4 is 22.8 Å². The Labute approximate surface area is 199 Å². The Morgan fingerprint density at radius 1 is 1.03 bits per heavy atom. The van der Waals surface area contributed by atoms with E-state index in [0.717, 1.165) is 38.4 Å². The molecule has 1 atom stereocenters. The summed E-state index contributed by atoms with van der Waals surface area (Å²) in [5.41, 5.74) is 5.34. The van der Waals surface area contributed by atoms with E-state index in [2.05, 4.69) is 38.1 Å². The molecule has 0 aliphatic rings. The fourth-order valence-electron chi connectivity index (χ4n) is 4.19. The van der Waals surface area contributed by atoms with Crippen LogP contribution in [0.5, 0.6) is 5.75 Å². The standard InChI is InChI=1S/C27H30N2O3S/c1-17(2)18-9-11-19(12-10-18)27-28-22-15-20(16-23(32-3)25(22)29(27)13-14-30)26(31)21-7-5-6-8-24(21)33-4/h5-12,15-17,26,30-31H,13-14H2,1-4H3. The van der Waals surface area contributed by atoms with Gasteiger partial charge in [-0.15, -0.1) is 11.8 Å². The van der Waals surface area contributed by atoms with Gasteiger partial charge in [0.25, 0.3) is 0 Å². The van der Waals surface area contributed by atoms with E-state index >= 15 is 0 Å². The Kier molecular flexibility index (Phi) is 7.08. The van der Waals surface area contributed by atoms with E-state index in [-0.39, 0.29) is 6.61 Å². The van der Waals surface area contributed by atoms with Crippen molar-refractivity contribution in [1.29, 1.82) is 0 Å². The lowest BCUT2D eigenvalue weighted by atomic mass is 10.0. The minimum Gasteiger partial charge on any atom is -0.494 e. The molecule has 1 unspecified atom stereocenters. The number of hydrogen-bond donors (Lipinski definition) is 2. The first-order valence-electron chi connectivity index (χ1n) is 11.1. The molecule has 4 aromatic rings. The Hall–Kier alpha value is -2.80. The van der Waals surface area contributed by atoms with Crippen molar-refractivity contribution < 1.29 is 14.9 Å². The quantitative estimate of drug-likeness (QED) is 0.332. The Morgan fingerprint density at radius 3 is 2.39 bits per heavy atom. The summed E-state index contributed by atoms with van der Waals surface area (Å²) in [7, 11) is 1.62. The molecule has 0 amide bonds. The lowest BCUT2D eigenvalue weighted by Crippen LogP contribution is -2.06. The van der Waals surface area contributed by atoms with E-state index in [9.17, 15) is 10.2 Å². The van der Waals surface area contributed by atoms with Crippen molar-refractivity contribution in [1.82, 2.24) is 9.55 Å². The fourth-order valence-corrected chi connectivity index (χ4v) is 4.82. The van der Waals surface area contributed by atoms with Crippen molar-refractivity contribution in [3.05, 3.63) is 77.4 Å². The summed E-state index contributed by atoms with van der Waals surface area (Å²) in [6.45, 7) is 4.72. The predicted octanol–water partition coefficient (Wildman–Crippen LogP) is 5.63. The van der Waals surface area contributed by atoms with Crippen LogP contribution in [0, 0.1) is 0 Å². The third-order valence-corrected chi connectivity index (χ3v) is 6.77. The number of thioether (sulfide) groups is 1. The van der Waals surface area contributed by atoms with Gasteiger partial charge in [0.1, 0.15) is 23.2 Å². The van der Waals surface area contributed by atoms with E-state index in [4.69, 9.17) is 9.72 Å². The van der Waals surface area contributed by atoms with Gasteiger partial charge in [0.2, 0.25) is 0 Å². The van der Waals surface area contributed by atoms with E-state index in [1.165, 1.54) is 5.56 Å². The first kappa shape index (κ1) is 23.4. The van der Waals surface area contributed by atoms with Crippen molar-refractivity contribution in [3.63, 3.8) is 0 Å². The molecular formula is C27H30N2O3S. The van der Waals surface area contributed by atoms with Gasteiger partial charge < -0.3 is 19.5 Å². The van der Waals surface area contributed by atoms with E-state index in [1.54, 1.807) is 18.9 Å². The highest BCUT2D eigenvalue weighted by Crippen LogP contribution is 2.37. The molecule has 33 heavy (non-hydrogen) atoms. The molecule has 2 N–H and O–H groups in total. The Balaban J connectivity index is 1.87. The number of hydrogen-bond acceptors (Lipinski definition) is 5. The second-order valence-corrected chi connectivity index (χ2v) is 9.17. The largest absolute Gasteiger partial charge is 0.494 e. The number of aromatic nitrogens is 2. The average molecular weight is 463 g/mol. The van der Waals surface area contributed by atoms with Gasteiger partial charge in [-0.2, -0.15) is 0 Å². The van der Waals surface area contributed by atoms with Crippen molar-refractivity contribution in [2.45, 2.75) is 37.3 Å². The van der Waals surface area contributed by atoms with Gasteiger partial charge in [0.15, 0.2) is 0 Å². The number of methoxy groups -OCH3 is 1. The third-order valence-electron chi connectivity index (χ3n) is 5.96. The molecule has 0 saturated heterocycles. The zero-order valence-corrected chi connectivity index (χ0v) is 20.3. The SMILES string of the molecule is COc1cc(C(O)c2ccccc2SC)cc2nc(-c3ccc(C(C)C)cc3)n(CCO)c12. The molecule has 5 nitrogen and oxygen atoms in total. The molecule has 1 heterocycles. The lowest BCUT2D eigenvalue weighted by Gasteiger charge is -2.17. The van der Waals surface area contributed by atoms with Gasteiger partial charge in [-0.05, 0) is 47.1 Å². The highest BCUT2D eigenvalue weighted by Gasteiger charge is 2.21. The molecule has 0 aliphatic carbocycles. The molecule has 0 bridgehead atoms. The predicted molar refractivity (Wildman–Crippen MR) is 135 cm³/mol. The van der Waals surface area contributed by atoms with E-state index < -0.39 is 6.10 Å². The van der Waals surface area contributed by atoms with Crippen molar-refractivity contribution in [3.8, 4) is 17.1 Å². The number of fused-ring (bicyclic) bond motifs is 1. The van der Waals surface area contributed by atoms with Crippen LogP contribution in [0.15, 0.2) is 65.6 Å². The first-order valence-corrected chi connectivity index (χ1v) is 12.3. The molecule has 6 heteroatoms. The first-order chi connectivity index (χ1) is 16.0. The molecular weight excluding hydrogens is 432 g/mol. The van der Waals surface area contributed by atoms with Crippen LogP contribution in [0.2, 0.25) is 0 Å². The minimum absolute atomic E-state index is 0.0167. The number of aliphatic hydroxyl groups excluding tert-OH is 2. The maximum Gasteiger partial charge on any atom is 0.145 e. The van der Waals surface area contributed by atoms with Crippen LogP contribution in [-0.4, -0.2) is 39.7 Å². The highest BCUT2D eigenvalue weighted by molar-refractivity contribution is 7.98. The second kappa shape index (κ2) is 10.00. The molecule has 1 aromatic heterocycles. The molecule has 3 aromatic carbocycles. The van der Waals surface area contributed by atoms with Gasteiger partial charge in [-0.3, -0.25) is 0 Å². The van der Waals surface area contributed by atoms with Crippen LogP contribution in [-0.2, 0) is 6.54 Å². The topological polar surface area (TPSA) is 67.5 Å². The van der Waals surface area contributed by atoms with Crippen LogP contribution in [0.25, 0.3) is 22.4 Å². The molecule has 0 fully saturated rings. The number of aliphatic hydroxyl groups is 2. The molecule has 4 rings (SSSR count). The maximum absolute atomic E-state index is 11.2. The Morgan fingerprint density at radius 2 is 1.76 bits per heavy atom. The number of imidazole rings is 1. The Bertz CT molecular complexity index is 1250. The van der Waals surface area contributed by atoms with Crippen LogP contribution in [0.1, 0.15) is 42.6 Å². The number of benzene rings is 3. The molecule has 0 radical (unpaired) electrons. The van der Waals surface area contributed by atoms with Gasteiger partial charge in [0.05, 0.1) is 19.2 Å². The van der Waals surface area contributed by atoms with Crippen LogP contribution in [0.3, 0.4) is 0 Å². The second-order valence-electron chi connectivity index (χ2n) is 8.32. The maximum atomic E-state index is 11.2. The normalized spacial score (nSPS) is 12.5. The van der Waals surface area contributed by atoms with Crippen molar-refractivity contribution in [2.75, 3.05) is 20.0 Å². The summed E-state index contributed by atoms with van der Waals surface area (Å²) in [6.07, 6.45) is 1.20. The van der Waals surface area contributed by atoms with Crippen LogP contribution < -0.4 is 4.74 Å². The van der Waals surface area contributed by atoms with Gasteiger partial charge in [-0.1, -0.05) is 56.3 Å². The fraction of sp³-hybridized carbons (Fsp3) is 0.296. The highest BCUT2D eigenvalue weighted by atomic mass is 32.2. The molecule has 0 spiro atoms. The van der Waals surface area contributed by atoms with E-state index in [0.29, 0.717) is 18.2 Å². The summed E-state index contributed by atoms with van der Waals surface area (Å²) in [5, 5.41) is 21.0. The van der Waals surface area contributed by atoms with Gasteiger partial charge >= 0.3 is 0 Å². The van der Waals surface area contributed by atoms with Crippen molar-refractivity contribution in [2.24, 2.45) is 0 Å². The van der Waals surface area contributed by atoms with Crippen LogP contribution >= 0.6 is 11.8 Å². The third kappa shape index (κ3) is 4.51. The summed E-state index contributed by atoms with van der Waals surface area (Å²) < 4.78 is 7.73. The van der Waals surface area contributed by atoms with E-state index in [1.807, 2.05) is 47.2 Å².